The van der Waals surface area contributed by atoms with Crippen molar-refractivity contribution >= 4 is 23.4 Å². The molecule has 2 fully saturated rings. The predicted octanol–water partition coefficient (Wildman–Crippen LogP) is 4.68. The molecule has 5 heteroatoms. The molecule has 2 aromatic rings. The topological polar surface area (TPSA) is 57.7 Å². The van der Waals surface area contributed by atoms with E-state index in [1.165, 1.54) is 10.5 Å². The van der Waals surface area contributed by atoms with E-state index in [-0.39, 0.29) is 41.5 Å². The minimum Gasteiger partial charge on any atom is -0.305 e. The summed E-state index contributed by atoms with van der Waals surface area (Å²) in [7, 11) is 0. The Hall–Kier alpha value is -2.95. The molecule has 2 aliphatic heterocycles. The third kappa shape index (κ3) is 3.40. The van der Waals surface area contributed by atoms with Crippen molar-refractivity contribution < 1.29 is 14.4 Å². The second-order valence-electron chi connectivity index (χ2n) is 10.7. The minimum atomic E-state index is -0.491. The molecule has 5 nitrogen and oxygen atoms in total. The number of rotatable bonds is 3. The second-order valence-corrected chi connectivity index (χ2v) is 10.7. The summed E-state index contributed by atoms with van der Waals surface area (Å²) in [5.74, 6) is -0.974. The molecule has 2 aromatic carbocycles. The molecule has 172 valence electrons. The lowest BCUT2D eigenvalue weighted by Gasteiger charge is -2.51. The van der Waals surface area contributed by atoms with Crippen molar-refractivity contribution in [3.05, 3.63) is 65.7 Å². The van der Waals surface area contributed by atoms with E-state index in [0.29, 0.717) is 0 Å². The van der Waals surface area contributed by atoms with Crippen molar-refractivity contribution in [2.75, 3.05) is 11.4 Å². The minimum absolute atomic E-state index is 0.157. The van der Waals surface area contributed by atoms with E-state index in [2.05, 4.69) is 51.1 Å². The zero-order valence-corrected chi connectivity index (χ0v) is 19.7. The number of fused-ring (bicyclic) bond motifs is 2. The number of hydrogen-bond acceptors (Lipinski definition) is 3. The number of para-hydroxylation sites is 1. The monoisotopic (exact) mass is 444 g/mol. The van der Waals surface area contributed by atoms with Crippen LogP contribution in [0.1, 0.15) is 64.0 Å². The Morgan fingerprint density at radius 1 is 0.879 bits per heavy atom. The van der Waals surface area contributed by atoms with Crippen molar-refractivity contribution in [2.45, 2.75) is 63.8 Å². The number of anilines is 1. The lowest BCUT2D eigenvalue weighted by Crippen LogP contribution is -2.58. The maximum Gasteiger partial charge on any atom is 0.247 e. The molecule has 3 amide bonds. The third-order valence-electron chi connectivity index (χ3n) is 8.02. The summed E-state index contributed by atoms with van der Waals surface area (Å²) < 4.78 is 0. The molecule has 0 aromatic heterocycles. The van der Waals surface area contributed by atoms with Gasteiger partial charge in [-0.25, -0.2) is 0 Å². The van der Waals surface area contributed by atoms with Gasteiger partial charge in [0.15, 0.2) is 0 Å². The Morgan fingerprint density at radius 2 is 1.45 bits per heavy atom. The molecule has 0 spiro atoms. The van der Waals surface area contributed by atoms with Crippen molar-refractivity contribution in [3.8, 4) is 0 Å². The van der Waals surface area contributed by atoms with E-state index < -0.39 is 5.54 Å². The Balaban J connectivity index is 1.50. The lowest BCUT2D eigenvalue weighted by atomic mass is 9.65. The maximum atomic E-state index is 13.8. The number of nitrogens with zero attached hydrogens (tertiary/aromatic N) is 2. The summed E-state index contributed by atoms with van der Waals surface area (Å²) in [4.78, 5) is 42.8. The average Bonchev–Trinajstić information content (AvgIpc) is 3.04. The van der Waals surface area contributed by atoms with Crippen molar-refractivity contribution in [3.63, 3.8) is 0 Å². The Kier molecular flexibility index (Phi) is 5.19. The Bertz CT molecular complexity index is 1090. The van der Waals surface area contributed by atoms with Crippen LogP contribution < -0.4 is 4.90 Å². The SMILES string of the molecule is CC1(C)C[C@@](C)(c2ccccc2)c2ccccc2N1C(=O)CN1C(=O)[C@H]2CCCC[C@@H]2C1=O. The maximum absolute atomic E-state index is 13.8. The number of benzene rings is 2. The van der Waals surface area contributed by atoms with Gasteiger partial charge in [-0.3, -0.25) is 19.3 Å². The molecule has 5 rings (SSSR count). The van der Waals surface area contributed by atoms with Crippen LogP contribution in [0.25, 0.3) is 0 Å². The highest BCUT2D eigenvalue weighted by atomic mass is 16.2. The third-order valence-corrected chi connectivity index (χ3v) is 8.02. The van der Waals surface area contributed by atoms with Crippen molar-refractivity contribution in [2.24, 2.45) is 11.8 Å². The Labute approximate surface area is 195 Å². The fraction of sp³-hybridized carbons (Fsp3) is 0.464. The first-order valence-electron chi connectivity index (χ1n) is 12.1. The van der Waals surface area contributed by atoms with Crippen LogP contribution in [0.3, 0.4) is 0 Å². The van der Waals surface area contributed by atoms with Gasteiger partial charge in [0, 0.05) is 16.6 Å². The molecule has 1 saturated heterocycles. The standard InChI is InChI=1S/C28H32N2O3/c1-27(2)18-28(3,19-11-5-4-6-12-19)22-15-9-10-16-23(22)30(27)24(31)17-29-25(32)20-13-7-8-14-21(20)26(29)33/h4-6,9-12,15-16,20-21H,7-8,13-14,17-18H2,1-3H3/t20-,21-,28-/m0/s1. The highest BCUT2D eigenvalue weighted by molar-refractivity contribution is 6.09. The number of amides is 3. The molecule has 0 unspecified atom stereocenters. The van der Waals surface area contributed by atoms with Crippen LogP contribution in [-0.2, 0) is 19.8 Å². The van der Waals surface area contributed by atoms with Crippen molar-refractivity contribution in [1.29, 1.82) is 0 Å². The quantitative estimate of drug-likeness (QED) is 0.646. The summed E-state index contributed by atoms with van der Waals surface area (Å²) in [5, 5.41) is 0. The number of likely N-dealkylation sites (tertiary alicyclic amines) is 1. The van der Waals surface area contributed by atoms with Gasteiger partial charge in [0.2, 0.25) is 17.7 Å². The van der Waals surface area contributed by atoms with Crippen LogP contribution in [0.2, 0.25) is 0 Å². The molecule has 3 aliphatic rings. The fourth-order valence-electron chi connectivity index (χ4n) is 6.63. The predicted molar refractivity (Wildman–Crippen MR) is 128 cm³/mol. The lowest BCUT2D eigenvalue weighted by molar-refractivity contribution is -0.143. The van der Waals surface area contributed by atoms with Crippen molar-refractivity contribution in [1.82, 2.24) is 4.90 Å². The first kappa shape index (κ1) is 21.9. The molecular weight excluding hydrogens is 412 g/mol. The summed E-state index contributed by atoms with van der Waals surface area (Å²) >= 11 is 0. The molecule has 0 bridgehead atoms. The van der Waals surface area contributed by atoms with Gasteiger partial charge in [-0.2, -0.15) is 0 Å². The summed E-state index contributed by atoms with van der Waals surface area (Å²) in [5.41, 5.74) is 2.42. The zero-order valence-electron chi connectivity index (χ0n) is 19.7. The molecule has 33 heavy (non-hydrogen) atoms. The van der Waals surface area contributed by atoms with E-state index in [0.717, 1.165) is 43.4 Å². The van der Waals surface area contributed by atoms with Gasteiger partial charge in [0.05, 0.1) is 11.8 Å². The van der Waals surface area contributed by atoms with Crippen LogP contribution in [0, 0.1) is 11.8 Å². The van der Waals surface area contributed by atoms with E-state index in [9.17, 15) is 14.4 Å². The molecule has 2 heterocycles. The van der Waals surface area contributed by atoms with Gasteiger partial charge >= 0.3 is 0 Å². The second kappa shape index (κ2) is 7.82. The summed E-state index contributed by atoms with van der Waals surface area (Å²) in [6.07, 6.45) is 4.21. The van der Waals surface area contributed by atoms with Gasteiger partial charge < -0.3 is 4.90 Å². The normalized spacial score (nSPS) is 28.5. The zero-order chi connectivity index (χ0) is 23.4. The van der Waals surface area contributed by atoms with Crippen LogP contribution in [0.15, 0.2) is 54.6 Å². The van der Waals surface area contributed by atoms with E-state index in [4.69, 9.17) is 0 Å². The number of carbonyl (C=O) groups excluding carboxylic acids is 3. The first-order chi connectivity index (χ1) is 15.7. The largest absolute Gasteiger partial charge is 0.305 e. The van der Waals surface area contributed by atoms with Gasteiger partial charge in [-0.1, -0.05) is 68.3 Å². The highest BCUT2D eigenvalue weighted by Gasteiger charge is 2.51. The first-order valence-corrected chi connectivity index (χ1v) is 12.1. The molecule has 0 radical (unpaired) electrons. The van der Waals surface area contributed by atoms with E-state index >= 15 is 0 Å². The van der Waals surface area contributed by atoms with Gasteiger partial charge in [-0.15, -0.1) is 0 Å². The highest BCUT2D eigenvalue weighted by Crippen LogP contribution is 2.50. The summed E-state index contributed by atoms with van der Waals surface area (Å²) in [6, 6.07) is 18.5. The molecule has 3 atom stereocenters. The smallest absolute Gasteiger partial charge is 0.247 e. The summed E-state index contributed by atoms with van der Waals surface area (Å²) in [6.45, 7) is 6.22. The molecule has 1 aliphatic carbocycles. The number of carbonyl (C=O) groups is 3. The molecule has 1 saturated carbocycles. The van der Waals surface area contributed by atoms with Crippen LogP contribution in [0.5, 0.6) is 0 Å². The van der Waals surface area contributed by atoms with Crippen LogP contribution in [-0.4, -0.2) is 34.7 Å². The van der Waals surface area contributed by atoms with Crippen LogP contribution >= 0.6 is 0 Å². The van der Waals surface area contributed by atoms with Gasteiger partial charge in [0.25, 0.3) is 0 Å². The number of hydrogen-bond donors (Lipinski definition) is 0. The molecule has 0 N–H and O–H groups in total. The molecular formula is C28H32N2O3. The Morgan fingerprint density at radius 3 is 2.09 bits per heavy atom. The van der Waals surface area contributed by atoms with E-state index in [1.54, 1.807) is 0 Å². The van der Waals surface area contributed by atoms with Gasteiger partial charge in [0.1, 0.15) is 6.54 Å². The van der Waals surface area contributed by atoms with E-state index in [1.807, 2.05) is 29.2 Å². The van der Waals surface area contributed by atoms with Crippen LogP contribution in [0.4, 0.5) is 5.69 Å². The fourth-order valence-corrected chi connectivity index (χ4v) is 6.63. The average molecular weight is 445 g/mol. The number of imide groups is 1. The van der Waals surface area contributed by atoms with Gasteiger partial charge in [-0.05, 0) is 50.3 Å².